The van der Waals surface area contributed by atoms with Crippen molar-refractivity contribution in [3.8, 4) is 0 Å². The van der Waals surface area contributed by atoms with Gasteiger partial charge in [-0.05, 0) is 74.1 Å². The standard InChI is InChI=1S/C23H30N6/c1-4-18-8-11-20(12-9-18)29-22(25-19-10-7-16(2)17(3)15-19)26-21(24)27-23(29)28-13-5-6-14-28/h7-12,15,22,25H,4-6,13-14H2,1-3H3,(H2,24,26). The topological polar surface area (TPSA) is 69.2 Å². The molecule has 0 amide bonds. The van der Waals surface area contributed by atoms with Crippen LogP contribution in [0.2, 0.25) is 0 Å². The van der Waals surface area contributed by atoms with Crippen molar-refractivity contribution in [2.24, 2.45) is 15.7 Å². The van der Waals surface area contributed by atoms with Crippen LogP contribution in [-0.2, 0) is 6.42 Å². The molecule has 0 saturated carbocycles. The summed E-state index contributed by atoms with van der Waals surface area (Å²) in [6.07, 6.45) is 3.02. The second-order valence-electron chi connectivity index (χ2n) is 7.80. The molecular formula is C23H30N6. The second-order valence-corrected chi connectivity index (χ2v) is 7.80. The Kier molecular flexibility index (Phi) is 5.43. The van der Waals surface area contributed by atoms with Crippen molar-refractivity contribution in [1.29, 1.82) is 0 Å². The van der Waals surface area contributed by atoms with Crippen LogP contribution >= 0.6 is 0 Å². The summed E-state index contributed by atoms with van der Waals surface area (Å²) >= 11 is 0. The number of aliphatic imine (C=N–C) groups is 2. The van der Waals surface area contributed by atoms with E-state index < -0.39 is 0 Å². The molecule has 0 radical (unpaired) electrons. The lowest BCUT2D eigenvalue weighted by atomic mass is 10.1. The summed E-state index contributed by atoms with van der Waals surface area (Å²) in [4.78, 5) is 13.8. The lowest BCUT2D eigenvalue weighted by Crippen LogP contribution is -2.54. The maximum atomic E-state index is 6.15. The Balaban J connectivity index is 1.71. The van der Waals surface area contributed by atoms with Gasteiger partial charge in [-0.3, -0.25) is 4.90 Å². The summed E-state index contributed by atoms with van der Waals surface area (Å²) in [5.74, 6) is 1.19. The van der Waals surface area contributed by atoms with Crippen molar-refractivity contribution in [3.63, 3.8) is 0 Å². The van der Waals surface area contributed by atoms with Crippen LogP contribution in [0.3, 0.4) is 0 Å². The highest BCUT2D eigenvalue weighted by Crippen LogP contribution is 2.26. The van der Waals surface area contributed by atoms with E-state index in [1.54, 1.807) is 0 Å². The first-order chi connectivity index (χ1) is 14.0. The van der Waals surface area contributed by atoms with Crippen molar-refractivity contribution in [2.45, 2.75) is 46.3 Å². The molecule has 0 bridgehead atoms. The number of hydrogen-bond donors (Lipinski definition) is 2. The first-order valence-corrected chi connectivity index (χ1v) is 10.4. The van der Waals surface area contributed by atoms with Gasteiger partial charge in [0.1, 0.15) is 0 Å². The Morgan fingerprint density at radius 3 is 2.41 bits per heavy atom. The first kappa shape index (κ1) is 19.3. The highest BCUT2D eigenvalue weighted by molar-refractivity contribution is 6.06. The van der Waals surface area contributed by atoms with Gasteiger partial charge in [-0.2, -0.15) is 4.99 Å². The van der Waals surface area contributed by atoms with Gasteiger partial charge < -0.3 is 16.0 Å². The summed E-state index contributed by atoms with van der Waals surface area (Å²) in [6, 6.07) is 15.0. The van der Waals surface area contributed by atoms with Crippen molar-refractivity contribution < 1.29 is 0 Å². The first-order valence-electron chi connectivity index (χ1n) is 10.4. The maximum absolute atomic E-state index is 6.15. The number of aryl methyl sites for hydroxylation is 3. The van der Waals surface area contributed by atoms with Gasteiger partial charge in [0, 0.05) is 24.5 Å². The zero-order chi connectivity index (χ0) is 20.4. The van der Waals surface area contributed by atoms with E-state index in [1.165, 1.54) is 29.5 Å². The highest BCUT2D eigenvalue weighted by Gasteiger charge is 2.32. The SMILES string of the molecule is CCc1ccc(N2C(N3CCCC3)=NC(N)=NC2Nc2ccc(C)c(C)c2)cc1. The van der Waals surface area contributed by atoms with Gasteiger partial charge in [0.2, 0.25) is 18.2 Å². The third-order valence-electron chi connectivity index (χ3n) is 5.74. The lowest BCUT2D eigenvalue weighted by molar-refractivity contribution is 0.497. The van der Waals surface area contributed by atoms with E-state index in [1.807, 2.05) is 0 Å². The predicted octanol–water partition coefficient (Wildman–Crippen LogP) is 3.85. The van der Waals surface area contributed by atoms with Crippen LogP contribution in [0.1, 0.15) is 36.5 Å². The average molecular weight is 391 g/mol. The fourth-order valence-electron chi connectivity index (χ4n) is 3.84. The van der Waals surface area contributed by atoms with E-state index in [9.17, 15) is 0 Å². The van der Waals surface area contributed by atoms with Crippen LogP contribution in [-0.4, -0.2) is 36.2 Å². The Bertz CT molecular complexity index is 925. The summed E-state index contributed by atoms with van der Waals surface area (Å²) in [5, 5.41) is 3.56. The van der Waals surface area contributed by atoms with Gasteiger partial charge >= 0.3 is 0 Å². The molecule has 152 valence electrons. The molecule has 1 saturated heterocycles. The highest BCUT2D eigenvalue weighted by atomic mass is 15.5. The van der Waals surface area contributed by atoms with E-state index in [0.29, 0.717) is 5.96 Å². The van der Waals surface area contributed by atoms with Gasteiger partial charge in [-0.15, -0.1) is 0 Å². The number of likely N-dealkylation sites (tertiary alicyclic amines) is 1. The van der Waals surface area contributed by atoms with Gasteiger partial charge in [0.05, 0.1) is 0 Å². The van der Waals surface area contributed by atoms with E-state index in [2.05, 4.69) is 88.3 Å². The quantitative estimate of drug-likeness (QED) is 0.832. The third kappa shape index (κ3) is 4.06. The fraction of sp³-hybridized carbons (Fsp3) is 0.391. The van der Waals surface area contributed by atoms with Crippen molar-refractivity contribution in [1.82, 2.24) is 4.90 Å². The van der Waals surface area contributed by atoms with Gasteiger partial charge in [-0.25, -0.2) is 4.99 Å². The Labute approximate surface area is 173 Å². The van der Waals surface area contributed by atoms with Crippen LogP contribution in [0.5, 0.6) is 0 Å². The van der Waals surface area contributed by atoms with Crippen LogP contribution in [0.15, 0.2) is 52.4 Å². The van der Waals surface area contributed by atoms with E-state index in [-0.39, 0.29) is 6.29 Å². The minimum absolute atomic E-state index is 0.315. The molecule has 2 aliphatic heterocycles. The normalized spacial score (nSPS) is 19.2. The average Bonchev–Trinajstić information content (AvgIpc) is 3.25. The van der Waals surface area contributed by atoms with Crippen LogP contribution in [0.25, 0.3) is 0 Å². The summed E-state index contributed by atoms with van der Waals surface area (Å²) in [5.41, 5.74) is 12.1. The molecule has 2 aromatic carbocycles. The Morgan fingerprint density at radius 1 is 1.03 bits per heavy atom. The number of anilines is 2. The number of rotatable bonds is 4. The van der Waals surface area contributed by atoms with E-state index >= 15 is 0 Å². The van der Waals surface area contributed by atoms with Crippen LogP contribution < -0.4 is 16.0 Å². The van der Waals surface area contributed by atoms with Gasteiger partial charge in [0.25, 0.3) is 0 Å². The van der Waals surface area contributed by atoms with E-state index in [0.717, 1.165) is 36.8 Å². The molecule has 3 N–H and O–H groups in total. The molecular weight excluding hydrogens is 360 g/mol. The monoisotopic (exact) mass is 390 g/mol. The van der Waals surface area contributed by atoms with Crippen LogP contribution in [0.4, 0.5) is 11.4 Å². The predicted molar refractivity (Wildman–Crippen MR) is 121 cm³/mol. The molecule has 2 aliphatic rings. The Hall–Kier alpha value is -3.02. The second kappa shape index (κ2) is 8.15. The molecule has 1 fully saturated rings. The zero-order valence-electron chi connectivity index (χ0n) is 17.5. The molecule has 2 aromatic rings. The number of benzene rings is 2. The lowest BCUT2D eigenvalue weighted by Gasteiger charge is -2.38. The number of nitrogens with zero attached hydrogens (tertiary/aromatic N) is 4. The largest absolute Gasteiger partial charge is 0.368 e. The molecule has 29 heavy (non-hydrogen) atoms. The third-order valence-corrected chi connectivity index (χ3v) is 5.74. The van der Waals surface area contributed by atoms with E-state index in [4.69, 9.17) is 5.73 Å². The minimum atomic E-state index is -0.349. The van der Waals surface area contributed by atoms with Gasteiger partial charge in [-0.1, -0.05) is 25.1 Å². The zero-order valence-corrected chi connectivity index (χ0v) is 17.5. The molecule has 2 heterocycles. The molecule has 1 unspecified atom stereocenters. The molecule has 0 spiro atoms. The van der Waals surface area contributed by atoms with Crippen molar-refractivity contribution in [2.75, 3.05) is 23.3 Å². The number of nitrogens with one attached hydrogen (secondary N) is 1. The maximum Gasteiger partial charge on any atom is 0.222 e. The minimum Gasteiger partial charge on any atom is -0.368 e. The van der Waals surface area contributed by atoms with Crippen molar-refractivity contribution in [3.05, 3.63) is 59.2 Å². The number of guanidine groups is 2. The number of hydrogen-bond acceptors (Lipinski definition) is 6. The van der Waals surface area contributed by atoms with Gasteiger partial charge in [0.15, 0.2) is 0 Å². The fourth-order valence-corrected chi connectivity index (χ4v) is 3.84. The molecule has 0 aromatic heterocycles. The van der Waals surface area contributed by atoms with Crippen molar-refractivity contribution >= 4 is 23.3 Å². The summed E-state index contributed by atoms with van der Waals surface area (Å²) < 4.78 is 0. The molecule has 1 atom stereocenters. The number of nitrogens with two attached hydrogens (primary N) is 1. The molecule has 6 nitrogen and oxygen atoms in total. The van der Waals surface area contributed by atoms with Crippen LogP contribution in [0, 0.1) is 13.8 Å². The molecule has 0 aliphatic carbocycles. The smallest absolute Gasteiger partial charge is 0.222 e. The molecule has 6 heteroatoms. The molecule has 4 rings (SSSR count). The Morgan fingerprint density at radius 2 is 1.76 bits per heavy atom. The summed E-state index contributed by atoms with van der Waals surface area (Å²) in [7, 11) is 0. The summed E-state index contributed by atoms with van der Waals surface area (Å²) in [6.45, 7) is 8.40.